The molecule has 0 spiro atoms. The lowest BCUT2D eigenvalue weighted by molar-refractivity contribution is -0.152. The standard InChI is InChI=1S/C10H19O5P/c1-4-10(3,5-2)15-9(11)7-6-8-16(12,13)14/h6-7H,4-5,8H2,1-3H3,(H2,12,13,14). The molecule has 0 aliphatic heterocycles. The van der Waals surface area contributed by atoms with E-state index < -0.39 is 25.3 Å². The molecule has 0 radical (unpaired) electrons. The molecule has 0 aromatic heterocycles. The van der Waals surface area contributed by atoms with E-state index in [2.05, 4.69) is 0 Å². The summed E-state index contributed by atoms with van der Waals surface area (Å²) in [6, 6.07) is 0. The molecule has 0 unspecified atom stereocenters. The van der Waals surface area contributed by atoms with Crippen molar-refractivity contribution in [3.63, 3.8) is 0 Å². The van der Waals surface area contributed by atoms with Gasteiger partial charge in [-0.05, 0) is 19.8 Å². The Kier molecular flexibility index (Phi) is 5.94. The number of carbonyl (C=O) groups excluding carboxylic acids is 1. The first-order valence-corrected chi connectivity index (χ1v) is 6.96. The minimum Gasteiger partial charge on any atom is -0.456 e. The molecule has 0 rings (SSSR count). The molecular formula is C10H19O5P. The molecule has 0 fully saturated rings. The van der Waals surface area contributed by atoms with Crippen molar-refractivity contribution in [2.75, 3.05) is 6.16 Å². The van der Waals surface area contributed by atoms with Gasteiger partial charge in [-0.1, -0.05) is 19.9 Å². The highest BCUT2D eigenvalue weighted by atomic mass is 31.2. The van der Waals surface area contributed by atoms with Crippen LogP contribution >= 0.6 is 7.60 Å². The monoisotopic (exact) mass is 250 g/mol. The number of hydrogen-bond donors (Lipinski definition) is 2. The first-order chi connectivity index (χ1) is 7.22. The van der Waals surface area contributed by atoms with Crippen LogP contribution in [-0.2, 0) is 14.1 Å². The Balaban J connectivity index is 4.23. The summed E-state index contributed by atoms with van der Waals surface area (Å²) in [7, 11) is -4.08. The molecule has 0 aliphatic rings. The summed E-state index contributed by atoms with van der Waals surface area (Å²) < 4.78 is 15.7. The Hall–Kier alpha value is -0.640. The van der Waals surface area contributed by atoms with Crippen LogP contribution < -0.4 is 0 Å². The first kappa shape index (κ1) is 15.4. The fraction of sp³-hybridized carbons (Fsp3) is 0.700. The second kappa shape index (κ2) is 6.18. The maximum atomic E-state index is 11.3. The molecular weight excluding hydrogens is 231 g/mol. The Labute approximate surface area is 95.7 Å². The molecule has 0 bridgehead atoms. The van der Waals surface area contributed by atoms with Gasteiger partial charge < -0.3 is 14.5 Å². The molecule has 0 saturated heterocycles. The van der Waals surface area contributed by atoms with Crippen LogP contribution in [0.2, 0.25) is 0 Å². The molecule has 0 aromatic rings. The van der Waals surface area contributed by atoms with Crippen LogP contribution in [-0.4, -0.2) is 27.5 Å². The van der Waals surface area contributed by atoms with Gasteiger partial charge in [0.2, 0.25) is 0 Å². The molecule has 0 amide bonds. The van der Waals surface area contributed by atoms with E-state index in [9.17, 15) is 9.36 Å². The Bertz CT molecular complexity index is 300. The van der Waals surface area contributed by atoms with E-state index in [0.717, 1.165) is 12.2 Å². The van der Waals surface area contributed by atoms with Gasteiger partial charge in [0.1, 0.15) is 5.60 Å². The summed E-state index contributed by atoms with van der Waals surface area (Å²) in [5.74, 6) is -0.570. The van der Waals surface area contributed by atoms with Gasteiger partial charge in [0.05, 0.1) is 6.16 Å². The molecule has 0 atom stereocenters. The summed E-state index contributed by atoms with van der Waals surface area (Å²) in [6.45, 7) is 5.65. The molecule has 0 aromatic carbocycles. The third kappa shape index (κ3) is 6.77. The fourth-order valence-electron chi connectivity index (χ4n) is 0.957. The maximum Gasteiger partial charge on any atom is 0.330 e. The van der Waals surface area contributed by atoms with Crippen molar-refractivity contribution in [3.8, 4) is 0 Å². The van der Waals surface area contributed by atoms with Gasteiger partial charge in [0.25, 0.3) is 0 Å². The molecule has 16 heavy (non-hydrogen) atoms. The zero-order valence-electron chi connectivity index (χ0n) is 9.84. The van der Waals surface area contributed by atoms with E-state index in [1.165, 1.54) is 0 Å². The summed E-state index contributed by atoms with van der Waals surface area (Å²) >= 11 is 0. The summed E-state index contributed by atoms with van der Waals surface area (Å²) in [4.78, 5) is 28.4. The van der Waals surface area contributed by atoms with Crippen molar-refractivity contribution in [1.82, 2.24) is 0 Å². The smallest absolute Gasteiger partial charge is 0.330 e. The number of allylic oxidation sites excluding steroid dienone is 1. The highest BCUT2D eigenvalue weighted by Gasteiger charge is 2.23. The topological polar surface area (TPSA) is 83.8 Å². The molecule has 0 heterocycles. The first-order valence-electron chi connectivity index (χ1n) is 5.16. The van der Waals surface area contributed by atoms with Gasteiger partial charge in [0.15, 0.2) is 0 Å². The molecule has 6 heteroatoms. The third-order valence-electron chi connectivity index (χ3n) is 2.44. The van der Waals surface area contributed by atoms with Crippen LogP contribution in [0, 0.1) is 0 Å². The van der Waals surface area contributed by atoms with Crippen LogP contribution in [0.3, 0.4) is 0 Å². The summed E-state index contributed by atoms with van der Waals surface area (Å²) in [5.41, 5.74) is -0.510. The quantitative estimate of drug-likeness (QED) is 0.427. The highest BCUT2D eigenvalue weighted by molar-refractivity contribution is 7.51. The number of hydrogen-bond acceptors (Lipinski definition) is 3. The van der Waals surface area contributed by atoms with E-state index in [4.69, 9.17) is 14.5 Å². The zero-order valence-corrected chi connectivity index (χ0v) is 10.7. The Morgan fingerprint density at radius 2 is 1.88 bits per heavy atom. The predicted molar refractivity (Wildman–Crippen MR) is 61.1 cm³/mol. The second-order valence-corrected chi connectivity index (χ2v) is 5.52. The number of carbonyl (C=O) groups is 1. The summed E-state index contributed by atoms with van der Waals surface area (Å²) in [6.07, 6.45) is 3.14. The van der Waals surface area contributed by atoms with Gasteiger partial charge in [-0.25, -0.2) is 4.79 Å². The molecule has 5 nitrogen and oxygen atoms in total. The van der Waals surface area contributed by atoms with Crippen molar-refractivity contribution in [2.24, 2.45) is 0 Å². The van der Waals surface area contributed by atoms with Crippen LogP contribution in [0.4, 0.5) is 0 Å². The van der Waals surface area contributed by atoms with Crippen LogP contribution in [0.15, 0.2) is 12.2 Å². The van der Waals surface area contributed by atoms with Crippen molar-refractivity contribution in [2.45, 2.75) is 39.2 Å². The molecule has 2 N–H and O–H groups in total. The van der Waals surface area contributed by atoms with Crippen LogP contribution in [0.25, 0.3) is 0 Å². The minimum atomic E-state index is -4.08. The Morgan fingerprint density at radius 3 is 2.25 bits per heavy atom. The zero-order chi connectivity index (χ0) is 12.8. The molecule has 0 aliphatic carbocycles. The average molecular weight is 250 g/mol. The molecule has 94 valence electrons. The number of rotatable bonds is 6. The lowest BCUT2D eigenvalue weighted by Gasteiger charge is -2.26. The van der Waals surface area contributed by atoms with Gasteiger partial charge in [-0.3, -0.25) is 4.57 Å². The van der Waals surface area contributed by atoms with Crippen molar-refractivity contribution in [1.29, 1.82) is 0 Å². The van der Waals surface area contributed by atoms with E-state index in [-0.39, 0.29) is 0 Å². The average Bonchev–Trinajstić information content (AvgIpc) is 2.15. The SMILES string of the molecule is CCC(C)(CC)OC(=O)C=CCP(=O)(O)O. The minimum absolute atomic E-state index is 0.447. The van der Waals surface area contributed by atoms with E-state index >= 15 is 0 Å². The van der Waals surface area contributed by atoms with Gasteiger partial charge in [0, 0.05) is 6.08 Å². The van der Waals surface area contributed by atoms with Crippen molar-refractivity contribution < 1.29 is 23.9 Å². The van der Waals surface area contributed by atoms with E-state index in [0.29, 0.717) is 12.8 Å². The molecule has 0 saturated carbocycles. The lowest BCUT2D eigenvalue weighted by Crippen LogP contribution is -2.29. The Morgan fingerprint density at radius 1 is 1.38 bits per heavy atom. The van der Waals surface area contributed by atoms with E-state index in [1.807, 2.05) is 20.8 Å². The van der Waals surface area contributed by atoms with Crippen molar-refractivity contribution >= 4 is 13.6 Å². The van der Waals surface area contributed by atoms with Gasteiger partial charge in [-0.15, -0.1) is 0 Å². The normalized spacial score (nSPS) is 13.1. The van der Waals surface area contributed by atoms with Gasteiger partial charge >= 0.3 is 13.6 Å². The van der Waals surface area contributed by atoms with E-state index in [1.54, 1.807) is 0 Å². The lowest BCUT2D eigenvalue weighted by atomic mass is 10.0. The third-order valence-corrected chi connectivity index (χ3v) is 3.13. The van der Waals surface area contributed by atoms with Crippen LogP contribution in [0.1, 0.15) is 33.6 Å². The summed E-state index contributed by atoms with van der Waals surface area (Å²) in [5, 5.41) is 0. The highest BCUT2D eigenvalue weighted by Crippen LogP contribution is 2.33. The maximum absolute atomic E-state index is 11.3. The van der Waals surface area contributed by atoms with Crippen molar-refractivity contribution in [3.05, 3.63) is 12.2 Å². The predicted octanol–water partition coefficient (Wildman–Crippen LogP) is 1.84. The van der Waals surface area contributed by atoms with Gasteiger partial charge in [-0.2, -0.15) is 0 Å². The second-order valence-electron chi connectivity index (χ2n) is 3.83. The number of ether oxygens (including phenoxy) is 1. The number of esters is 1. The largest absolute Gasteiger partial charge is 0.456 e. The van der Waals surface area contributed by atoms with Crippen LogP contribution in [0.5, 0.6) is 0 Å². The fourth-order valence-corrected chi connectivity index (χ4v) is 1.34.